The lowest BCUT2D eigenvalue weighted by Crippen LogP contribution is -2.29. The summed E-state index contributed by atoms with van der Waals surface area (Å²) in [7, 11) is 0. The van der Waals surface area contributed by atoms with Gasteiger partial charge in [-0.3, -0.25) is 4.79 Å². The van der Waals surface area contributed by atoms with Gasteiger partial charge >= 0.3 is 12.6 Å². The number of carboxylic acid groups (broad SMARTS) is 1. The zero-order valence-corrected chi connectivity index (χ0v) is 16.4. The molecule has 0 aromatic carbocycles. The van der Waals surface area contributed by atoms with E-state index in [4.69, 9.17) is 0 Å². The first-order chi connectivity index (χ1) is 14.0. The number of nitrogens with zero attached hydrogens (tertiary/aromatic N) is 2. The molecule has 0 saturated heterocycles. The Morgan fingerprint density at radius 1 is 1.40 bits per heavy atom. The van der Waals surface area contributed by atoms with Crippen LogP contribution in [0.15, 0.2) is 23.1 Å². The minimum Gasteiger partial charge on any atom is -0.506 e. The third kappa shape index (κ3) is 2.90. The molecule has 3 aromatic heterocycles. The number of hydrogen-bond donors (Lipinski definition) is 3. The molecule has 0 fully saturated rings. The summed E-state index contributed by atoms with van der Waals surface area (Å²) in [6.07, 6.45) is 1.98. The zero-order valence-electron chi connectivity index (χ0n) is 16.4. The molecule has 0 aliphatic heterocycles. The van der Waals surface area contributed by atoms with Crippen molar-refractivity contribution in [3.63, 3.8) is 0 Å². The standard InChI is InChI=1S/C20H19F2N3O5/c1-20(2,3)8-7-9-13(14-11(8)15(26)12(18(28)29)17(27)24-14)23-16-10(30-19(21)22)5-4-6-25(9)16/h4-6,8,19H,7H2,1-3H3,(H,28,29)(H2,24,26,27)/t8-/m1/s1. The van der Waals surface area contributed by atoms with E-state index in [-0.39, 0.29) is 34.3 Å². The lowest BCUT2D eigenvalue weighted by Gasteiger charge is -2.35. The Morgan fingerprint density at radius 2 is 2.10 bits per heavy atom. The molecule has 0 bridgehead atoms. The van der Waals surface area contributed by atoms with Crippen LogP contribution in [0.25, 0.3) is 17.0 Å². The van der Waals surface area contributed by atoms with Crippen molar-refractivity contribution in [2.24, 2.45) is 5.41 Å². The largest absolute Gasteiger partial charge is 0.506 e. The summed E-state index contributed by atoms with van der Waals surface area (Å²) in [6, 6.07) is 2.90. The van der Waals surface area contributed by atoms with Crippen molar-refractivity contribution < 1.29 is 28.5 Å². The van der Waals surface area contributed by atoms with E-state index in [2.05, 4.69) is 14.7 Å². The third-order valence-corrected chi connectivity index (χ3v) is 5.40. The van der Waals surface area contributed by atoms with Crippen LogP contribution in [-0.4, -0.2) is 37.2 Å². The highest BCUT2D eigenvalue weighted by Crippen LogP contribution is 2.50. The highest BCUT2D eigenvalue weighted by Gasteiger charge is 2.40. The lowest BCUT2D eigenvalue weighted by molar-refractivity contribution is -0.0491. The summed E-state index contributed by atoms with van der Waals surface area (Å²) < 4.78 is 31.8. The Hall–Kier alpha value is -3.43. The first-order valence-corrected chi connectivity index (χ1v) is 9.18. The summed E-state index contributed by atoms with van der Waals surface area (Å²) in [4.78, 5) is 30.9. The first kappa shape index (κ1) is 19.9. The van der Waals surface area contributed by atoms with Gasteiger partial charge in [-0.15, -0.1) is 0 Å². The van der Waals surface area contributed by atoms with Gasteiger partial charge < -0.3 is 24.3 Å². The lowest BCUT2D eigenvalue weighted by atomic mass is 9.70. The Labute approximate surface area is 168 Å². The van der Waals surface area contributed by atoms with Crippen molar-refractivity contribution >= 4 is 11.6 Å². The van der Waals surface area contributed by atoms with Crippen molar-refractivity contribution in [1.29, 1.82) is 0 Å². The Bertz CT molecular complexity index is 1240. The van der Waals surface area contributed by atoms with Gasteiger partial charge in [0.15, 0.2) is 17.0 Å². The van der Waals surface area contributed by atoms with E-state index >= 15 is 0 Å². The number of carbonyl (C=O) groups is 1. The Morgan fingerprint density at radius 3 is 2.70 bits per heavy atom. The number of alkyl halides is 2. The summed E-state index contributed by atoms with van der Waals surface area (Å²) in [6.45, 7) is 2.73. The normalized spacial score (nSPS) is 15.9. The third-order valence-electron chi connectivity index (χ3n) is 5.40. The molecular weight excluding hydrogens is 400 g/mol. The fourth-order valence-electron chi connectivity index (χ4n) is 4.04. The van der Waals surface area contributed by atoms with Crippen LogP contribution in [0.5, 0.6) is 11.5 Å². The summed E-state index contributed by atoms with van der Waals surface area (Å²) in [5.74, 6) is -2.66. The molecule has 0 unspecified atom stereocenters. The summed E-state index contributed by atoms with van der Waals surface area (Å²) >= 11 is 0. The van der Waals surface area contributed by atoms with Gasteiger partial charge in [0.05, 0.1) is 11.4 Å². The molecule has 158 valence electrons. The minimum absolute atomic E-state index is 0.131. The number of aromatic amines is 1. The molecule has 0 radical (unpaired) electrons. The second-order valence-corrected chi connectivity index (χ2v) is 8.25. The number of nitrogens with one attached hydrogen (secondary N) is 1. The minimum atomic E-state index is -3.04. The maximum absolute atomic E-state index is 12.8. The second-order valence-electron chi connectivity index (χ2n) is 8.25. The Balaban J connectivity index is 2.08. The summed E-state index contributed by atoms with van der Waals surface area (Å²) in [5.41, 5.74) is -0.653. The fraction of sp³-hybridized carbons (Fsp3) is 0.350. The van der Waals surface area contributed by atoms with Crippen LogP contribution in [0, 0.1) is 5.41 Å². The van der Waals surface area contributed by atoms with E-state index < -0.39 is 34.9 Å². The van der Waals surface area contributed by atoms with Crippen LogP contribution in [0.2, 0.25) is 0 Å². The quantitative estimate of drug-likeness (QED) is 0.599. The van der Waals surface area contributed by atoms with Gasteiger partial charge in [-0.05, 0) is 24.0 Å². The number of pyridine rings is 2. The average Bonchev–Trinajstić information content (AvgIpc) is 2.99. The maximum Gasteiger partial charge on any atom is 0.387 e. The van der Waals surface area contributed by atoms with Gasteiger partial charge in [0.1, 0.15) is 11.4 Å². The number of rotatable bonds is 3. The molecule has 30 heavy (non-hydrogen) atoms. The highest BCUT2D eigenvalue weighted by atomic mass is 19.3. The van der Waals surface area contributed by atoms with Gasteiger partial charge in [-0.25, -0.2) is 9.78 Å². The number of aromatic hydroxyl groups is 1. The van der Waals surface area contributed by atoms with Gasteiger partial charge in [0.2, 0.25) is 0 Å². The zero-order chi connectivity index (χ0) is 22.0. The number of halogens is 2. The predicted molar refractivity (Wildman–Crippen MR) is 102 cm³/mol. The molecule has 0 spiro atoms. The van der Waals surface area contributed by atoms with Crippen molar-refractivity contribution in [3.05, 3.63) is 45.5 Å². The molecule has 1 aliphatic rings. The van der Waals surface area contributed by atoms with Gasteiger partial charge in [-0.2, -0.15) is 8.78 Å². The van der Waals surface area contributed by atoms with Crippen molar-refractivity contribution in [1.82, 2.24) is 14.4 Å². The molecule has 10 heteroatoms. The summed E-state index contributed by atoms with van der Waals surface area (Å²) in [5, 5.41) is 20.1. The van der Waals surface area contributed by atoms with E-state index in [1.54, 1.807) is 16.7 Å². The molecular formula is C20H19F2N3O5. The second kappa shape index (κ2) is 6.54. The average molecular weight is 419 g/mol. The van der Waals surface area contributed by atoms with E-state index in [0.29, 0.717) is 12.1 Å². The topological polar surface area (TPSA) is 117 Å². The van der Waals surface area contributed by atoms with Crippen LogP contribution < -0.4 is 10.3 Å². The molecule has 3 N–H and O–H groups in total. The smallest absolute Gasteiger partial charge is 0.387 e. The predicted octanol–water partition coefficient (Wildman–Crippen LogP) is 3.38. The number of aromatic carboxylic acids is 1. The van der Waals surface area contributed by atoms with Crippen LogP contribution in [0.1, 0.15) is 48.3 Å². The SMILES string of the molecule is CC(C)(C)[C@@H]1Cc2c(nc3c(OC(F)F)cccn23)-c2[nH]c(=O)c(C(=O)O)c(O)c21. The molecule has 4 rings (SSSR count). The number of carboxylic acids is 1. The van der Waals surface area contributed by atoms with Crippen molar-refractivity contribution in [3.8, 4) is 22.9 Å². The maximum atomic E-state index is 12.8. The van der Waals surface area contributed by atoms with Gasteiger partial charge in [-0.1, -0.05) is 20.8 Å². The molecule has 3 aromatic rings. The van der Waals surface area contributed by atoms with E-state index in [0.717, 1.165) is 0 Å². The van der Waals surface area contributed by atoms with Gasteiger partial charge in [0, 0.05) is 17.7 Å². The first-order valence-electron chi connectivity index (χ1n) is 9.18. The van der Waals surface area contributed by atoms with Crippen molar-refractivity contribution in [2.75, 3.05) is 0 Å². The molecule has 8 nitrogen and oxygen atoms in total. The number of ether oxygens (including phenoxy) is 1. The van der Waals surface area contributed by atoms with E-state index in [9.17, 15) is 28.6 Å². The number of hydrogen-bond acceptors (Lipinski definition) is 5. The van der Waals surface area contributed by atoms with Crippen LogP contribution >= 0.6 is 0 Å². The monoisotopic (exact) mass is 419 g/mol. The number of imidazole rings is 1. The number of aromatic nitrogens is 3. The van der Waals surface area contributed by atoms with Crippen molar-refractivity contribution in [2.45, 2.75) is 39.7 Å². The molecule has 0 amide bonds. The van der Waals surface area contributed by atoms with Gasteiger partial charge in [0.25, 0.3) is 5.56 Å². The molecule has 0 saturated carbocycles. The highest BCUT2D eigenvalue weighted by molar-refractivity contribution is 5.92. The molecule has 3 heterocycles. The number of fused-ring (bicyclic) bond motifs is 5. The van der Waals surface area contributed by atoms with Crippen LogP contribution in [0.4, 0.5) is 8.78 Å². The van der Waals surface area contributed by atoms with E-state index in [1.807, 2.05) is 20.8 Å². The molecule has 1 atom stereocenters. The van der Waals surface area contributed by atoms with E-state index in [1.165, 1.54) is 6.07 Å². The number of H-pyrrole nitrogens is 1. The van der Waals surface area contributed by atoms with Crippen LogP contribution in [0.3, 0.4) is 0 Å². The molecule has 1 aliphatic carbocycles. The Kier molecular flexibility index (Phi) is 4.33. The van der Waals surface area contributed by atoms with Crippen LogP contribution in [-0.2, 0) is 6.42 Å². The fourth-order valence-corrected chi connectivity index (χ4v) is 4.04.